The van der Waals surface area contributed by atoms with Crippen LogP contribution in [0.1, 0.15) is 73.7 Å². The first-order chi connectivity index (χ1) is 20.1. The van der Waals surface area contributed by atoms with Crippen molar-refractivity contribution in [1.29, 1.82) is 0 Å². The zero-order valence-electron chi connectivity index (χ0n) is 24.7. The Bertz CT molecular complexity index is 1370. The van der Waals surface area contributed by atoms with Crippen LogP contribution in [-0.4, -0.2) is 73.6 Å². The minimum absolute atomic E-state index is 0.343. The quantitative estimate of drug-likeness (QED) is 0.317. The Labute approximate surface area is 244 Å². The first-order valence-corrected chi connectivity index (χ1v) is 15.7. The van der Waals surface area contributed by atoms with Gasteiger partial charge in [0, 0.05) is 49.8 Å². The lowest BCUT2D eigenvalue weighted by Gasteiger charge is -2.34. The lowest BCUT2D eigenvalue weighted by molar-refractivity contribution is 0.0697. The number of aromatic carboxylic acids is 1. The highest BCUT2D eigenvalue weighted by Crippen LogP contribution is 2.49. The zero-order chi connectivity index (χ0) is 28.3. The van der Waals surface area contributed by atoms with Crippen LogP contribution < -0.4 is 9.64 Å². The Kier molecular flexibility index (Phi) is 8.54. The number of likely N-dealkylation sites (tertiary alicyclic amines) is 1. The van der Waals surface area contributed by atoms with Crippen molar-refractivity contribution in [2.24, 2.45) is 5.92 Å². The molecule has 0 radical (unpaired) electrons. The average Bonchev–Trinajstić information content (AvgIpc) is 3.19. The molecular weight excluding hydrogens is 514 g/mol. The van der Waals surface area contributed by atoms with Crippen LogP contribution in [0, 0.1) is 5.92 Å². The minimum Gasteiger partial charge on any atom is -0.489 e. The van der Waals surface area contributed by atoms with Gasteiger partial charge < -0.3 is 28.9 Å². The number of benzene rings is 2. The summed E-state index contributed by atoms with van der Waals surface area (Å²) in [7, 11) is 1.81. The van der Waals surface area contributed by atoms with Crippen LogP contribution in [0.3, 0.4) is 0 Å². The molecule has 0 spiro atoms. The topological polar surface area (TPSA) is 67.2 Å². The monoisotopic (exact) mass is 559 g/mol. The number of fused-ring (bicyclic) bond motifs is 5. The van der Waals surface area contributed by atoms with Crippen molar-refractivity contribution < 1.29 is 19.4 Å². The number of hydrogen-bond acceptors (Lipinski definition) is 5. The van der Waals surface area contributed by atoms with Gasteiger partial charge in [0.25, 0.3) is 0 Å². The van der Waals surface area contributed by atoms with E-state index < -0.39 is 5.97 Å². The summed E-state index contributed by atoms with van der Waals surface area (Å²) < 4.78 is 14.3. The summed E-state index contributed by atoms with van der Waals surface area (Å²) in [6, 6.07) is 12.3. The molecule has 3 heterocycles. The molecule has 1 saturated heterocycles. The molecule has 0 atom stereocenters. The summed E-state index contributed by atoms with van der Waals surface area (Å²) in [5, 5.41) is 11.0. The Balaban J connectivity index is 1.37. The minimum atomic E-state index is -0.879. The average molecular weight is 560 g/mol. The highest BCUT2D eigenvalue weighted by atomic mass is 16.5. The number of para-hydroxylation sites is 1. The lowest BCUT2D eigenvalue weighted by atomic mass is 9.81. The van der Waals surface area contributed by atoms with Gasteiger partial charge in [-0.25, -0.2) is 4.79 Å². The van der Waals surface area contributed by atoms with Crippen molar-refractivity contribution >= 4 is 22.6 Å². The lowest BCUT2D eigenvalue weighted by Crippen LogP contribution is -2.40. The van der Waals surface area contributed by atoms with Crippen LogP contribution in [-0.2, 0) is 11.3 Å². The van der Waals surface area contributed by atoms with Crippen molar-refractivity contribution in [3.63, 3.8) is 0 Å². The second-order valence-corrected chi connectivity index (χ2v) is 12.1. The van der Waals surface area contributed by atoms with Gasteiger partial charge in [-0.15, -0.1) is 0 Å². The molecule has 0 bridgehead atoms. The summed E-state index contributed by atoms with van der Waals surface area (Å²) in [5.74, 6) is 1.27. The third kappa shape index (κ3) is 5.59. The van der Waals surface area contributed by atoms with E-state index >= 15 is 0 Å². The third-order valence-corrected chi connectivity index (χ3v) is 9.69. The summed E-state index contributed by atoms with van der Waals surface area (Å²) in [6.45, 7) is 9.58. The second kappa shape index (κ2) is 12.5. The predicted molar refractivity (Wildman–Crippen MR) is 165 cm³/mol. The zero-order valence-corrected chi connectivity index (χ0v) is 24.7. The van der Waals surface area contributed by atoms with E-state index in [2.05, 4.69) is 45.6 Å². The summed E-state index contributed by atoms with van der Waals surface area (Å²) >= 11 is 0. The van der Waals surface area contributed by atoms with Crippen molar-refractivity contribution in [1.82, 2.24) is 9.47 Å². The molecule has 2 fully saturated rings. The van der Waals surface area contributed by atoms with Gasteiger partial charge in [0.15, 0.2) is 5.75 Å². The van der Waals surface area contributed by atoms with Gasteiger partial charge in [-0.05, 0) is 87.4 Å². The van der Waals surface area contributed by atoms with Crippen molar-refractivity contribution in [3.05, 3.63) is 47.5 Å². The normalized spacial score (nSPS) is 18.5. The molecule has 220 valence electrons. The number of hydrogen-bond donors (Lipinski definition) is 1. The number of ether oxygens (including phenoxy) is 2. The Morgan fingerprint density at radius 1 is 1.07 bits per heavy atom. The van der Waals surface area contributed by atoms with Crippen molar-refractivity contribution in [3.8, 4) is 17.0 Å². The number of carbonyl (C=O) groups is 1. The number of rotatable bonds is 9. The second-order valence-electron chi connectivity index (χ2n) is 12.1. The van der Waals surface area contributed by atoms with E-state index in [0.29, 0.717) is 30.6 Å². The molecule has 1 aliphatic carbocycles. The molecule has 1 N–H and O–H groups in total. The smallest absolute Gasteiger partial charge is 0.335 e. The Morgan fingerprint density at radius 2 is 1.88 bits per heavy atom. The molecular formula is C34H45N3O4. The van der Waals surface area contributed by atoms with E-state index in [1.807, 2.05) is 6.07 Å². The molecule has 7 nitrogen and oxygen atoms in total. The number of likely N-dealkylation sites (N-methyl/N-ethyl adjacent to an activating group) is 1. The summed E-state index contributed by atoms with van der Waals surface area (Å²) in [4.78, 5) is 17.0. The predicted octanol–water partition coefficient (Wildman–Crippen LogP) is 6.63. The molecule has 3 aromatic rings. The molecule has 2 aromatic carbocycles. The Hall–Kier alpha value is -3.03. The fourth-order valence-corrected chi connectivity index (χ4v) is 7.51. The van der Waals surface area contributed by atoms with Crippen molar-refractivity contribution in [2.45, 2.75) is 64.3 Å². The van der Waals surface area contributed by atoms with E-state index in [1.54, 1.807) is 13.2 Å². The van der Waals surface area contributed by atoms with Crippen LogP contribution >= 0.6 is 0 Å². The van der Waals surface area contributed by atoms with Crippen LogP contribution in [0.25, 0.3) is 22.2 Å². The summed E-state index contributed by atoms with van der Waals surface area (Å²) in [5.41, 5.74) is 6.30. The van der Waals surface area contributed by atoms with Gasteiger partial charge in [-0.3, -0.25) is 0 Å². The van der Waals surface area contributed by atoms with Crippen LogP contribution in [0.5, 0.6) is 5.75 Å². The largest absolute Gasteiger partial charge is 0.489 e. The first kappa shape index (κ1) is 28.1. The fraction of sp³-hybridized carbons (Fsp3) is 0.559. The number of methoxy groups -OCH3 is 1. The fourth-order valence-electron chi connectivity index (χ4n) is 7.51. The molecule has 1 saturated carbocycles. The van der Waals surface area contributed by atoms with Gasteiger partial charge >= 0.3 is 5.97 Å². The van der Waals surface area contributed by atoms with Gasteiger partial charge in [-0.2, -0.15) is 0 Å². The van der Waals surface area contributed by atoms with E-state index in [0.717, 1.165) is 56.2 Å². The van der Waals surface area contributed by atoms with Gasteiger partial charge in [0.1, 0.15) is 6.61 Å². The van der Waals surface area contributed by atoms with Gasteiger partial charge in [0.05, 0.1) is 23.5 Å². The van der Waals surface area contributed by atoms with Gasteiger partial charge in [-0.1, -0.05) is 31.4 Å². The SMILES string of the molecule is CCN(CCN1CCC(COC)CC1)c1cccc2c1OCCn1c-2c(C2CCCCC2)c2ccc(C(=O)O)cc21. The van der Waals surface area contributed by atoms with E-state index in [9.17, 15) is 9.90 Å². The van der Waals surface area contributed by atoms with E-state index in [-0.39, 0.29) is 0 Å². The maximum absolute atomic E-state index is 11.9. The highest BCUT2D eigenvalue weighted by molar-refractivity contribution is 5.99. The molecule has 1 aromatic heterocycles. The Morgan fingerprint density at radius 3 is 2.61 bits per heavy atom. The molecule has 2 aliphatic heterocycles. The maximum atomic E-state index is 11.9. The van der Waals surface area contributed by atoms with Crippen LogP contribution in [0.4, 0.5) is 5.69 Å². The first-order valence-electron chi connectivity index (χ1n) is 15.7. The number of aromatic nitrogens is 1. The maximum Gasteiger partial charge on any atom is 0.335 e. The third-order valence-electron chi connectivity index (χ3n) is 9.69. The van der Waals surface area contributed by atoms with Crippen LogP contribution in [0.2, 0.25) is 0 Å². The molecule has 0 unspecified atom stereocenters. The molecule has 7 heteroatoms. The van der Waals surface area contributed by atoms with E-state index in [4.69, 9.17) is 9.47 Å². The van der Waals surface area contributed by atoms with E-state index in [1.165, 1.54) is 67.3 Å². The number of anilines is 1. The number of carboxylic acids is 1. The van der Waals surface area contributed by atoms with Crippen molar-refractivity contribution in [2.75, 3.05) is 57.9 Å². The molecule has 3 aliphatic rings. The highest BCUT2D eigenvalue weighted by Gasteiger charge is 2.31. The number of carboxylic acid groups (broad SMARTS) is 1. The summed E-state index contributed by atoms with van der Waals surface area (Å²) in [6.07, 6.45) is 8.59. The standard InChI is InChI=1S/C34H45N3O4/c1-3-36(19-18-35-16-14-24(15-17-35)23-40-2)29-11-7-10-28-32-31(25-8-5-4-6-9-25)27-13-12-26(34(38)39)22-30(27)37(32)20-21-41-33(28)29/h7,10-13,22,24-25H,3-6,8-9,14-21,23H2,1-2H3,(H,38,39). The molecule has 6 rings (SSSR count). The van der Waals surface area contributed by atoms with Gasteiger partial charge in [0.2, 0.25) is 0 Å². The number of piperidine rings is 1. The molecule has 0 amide bonds. The van der Waals surface area contributed by atoms with Crippen LogP contribution in [0.15, 0.2) is 36.4 Å². The number of nitrogens with zero attached hydrogens (tertiary/aromatic N) is 3. The molecule has 41 heavy (non-hydrogen) atoms.